The molecule has 1 heterocycles. The maximum atomic E-state index is 12.6. The summed E-state index contributed by atoms with van der Waals surface area (Å²) in [6.45, 7) is 11.8. The zero-order valence-corrected chi connectivity index (χ0v) is 18.7. The molecule has 0 spiro atoms. The second-order valence-corrected chi connectivity index (χ2v) is 8.82. The van der Waals surface area contributed by atoms with Gasteiger partial charge in [-0.2, -0.15) is 0 Å². The number of fused-ring (bicyclic) bond motifs is 1. The molecular weight excluding hydrogens is 400 g/mol. The van der Waals surface area contributed by atoms with Crippen molar-refractivity contribution in [2.24, 2.45) is 0 Å². The van der Waals surface area contributed by atoms with E-state index in [1.54, 1.807) is 18.2 Å². The Balaban J connectivity index is 1.37. The second-order valence-electron chi connectivity index (χ2n) is 8.82. The van der Waals surface area contributed by atoms with Crippen LogP contribution >= 0.6 is 0 Å². The van der Waals surface area contributed by atoms with E-state index in [9.17, 15) is 4.79 Å². The molecule has 0 atom stereocenters. The standard InChI is InChI=1S/C27H28N2O3/c1-18(19-5-8-21(9-6-19)27(2,3)4)28-22-10-12-23(13-11-22)29-26(30)20-7-14-24-25(17-20)32-16-15-31-24/h5-14,17,28H,1,15-16H2,2-4H3,(H,29,30). The average Bonchev–Trinajstić information content (AvgIpc) is 2.79. The van der Waals surface area contributed by atoms with Gasteiger partial charge in [0, 0.05) is 22.6 Å². The Labute approximate surface area is 189 Å². The molecule has 3 aromatic rings. The average molecular weight is 429 g/mol. The van der Waals surface area contributed by atoms with Crippen LogP contribution in [-0.2, 0) is 5.41 Å². The van der Waals surface area contributed by atoms with Crippen molar-refractivity contribution in [3.63, 3.8) is 0 Å². The van der Waals surface area contributed by atoms with Crippen LogP contribution in [0.3, 0.4) is 0 Å². The van der Waals surface area contributed by atoms with Crippen LogP contribution in [-0.4, -0.2) is 19.1 Å². The van der Waals surface area contributed by atoms with Gasteiger partial charge in [-0.25, -0.2) is 0 Å². The van der Waals surface area contributed by atoms with Crippen molar-refractivity contribution in [3.05, 3.63) is 90.0 Å². The minimum absolute atomic E-state index is 0.119. The lowest BCUT2D eigenvalue weighted by Gasteiger charge is -2.19. The first-order chi connectivity index (χ1) is 15.3. The minimum Gasteiger partial charge on any atom is -0.486 e. The van der Waals surface area contributed by atoms with E-state index < -0.39 is 0 Å². The largest absolute Gasteiger partial charge is 0.486 e. The Morgan fingerprint density at radius 2 is 1.34 bits per heavy atom. The van der Waals surface area contributed by atoms with Gasteiger partial charge in [-0.15, -0.1) is 0 Å². The molecule has 0 bridgehead atoms. The number of carbonyl (C=O) groups excluding carboxylic acids is 1. The summed E-state index contributed by atoms with van der Waals surface area (Å²) in [6, 6.07) is 21.2. The van der Waals surface area contributed by atoms with Gasteiger partial charge in [-0.3, -0.25) is 4.79 Å². The van der Waals surface area contributed by atoms with Gasteiger partial charge >= 0.3 is 0 Å². The van der Waals surface area contributed by atoms with E-state index in [4.69, 9.17) is 9.47 Å². The summed E-state index contributed by atoms with van der Waals surface area (Å²) in [5.41, 5.74) is 5.37. The van der Waals surface area contributed by atoms with E-state index in [1.807, 2.05) is 24.3 Å². The fourth-order valence-electron chi connectivity index (χ4n) is 3.44. The molecule has 164 valence electrons. The fourth-order valence-corrected chi connectivity index (χ4v) is 3.44. The van der Waals surface area contributed by atoms with Gasteiger partial charge in [-0.05, 0) is 59.0 Å². The highest BCUT2D eigenvalue weighted by Gasteiger charge is 2.15. The molecule has 4 rings (SSSR count). The van der Waals surface area contributed by atoms with E-state index in [0.29, 0.717) is 36.0 Å². The highest BCUT2D eigenvalue weighted by molar-refractivity contribution is 6.04. The lowest BCUT2D eigenvalue weighted by atomic mass is 9.86. The quantitative estimate of drug-likeness (QED) is 0.516. The van der Waals surface area contributed by atoms with Crippen LogP contribution in [0.2, 0.25) is 0 Å². The molecule has 0 fully saturated rings. The lowest BCUT2D eigenvalue weighted by Crippen LogP contribution is -2.17. The van der Waals surface area contributed by atoms with Crippen LogP contribution < -0.4 is 20.1 Å². The third-order valence-electron chi connectivity index (χ3n) is 5.34. The molecule has 0 unspecified atom stereocenters. The number of benzene rings is 3. The van der Waals surface area contributed by atoms with Crippen LogP contribution in [0.4, 0.5) is 11.4 Å². The highest BCUT2D eigenvalue weighted by Crippen LogP contribution is 2.31. The third kappa shape index (κ3) is 4.94. The Morgan fingerprint density at radius 1 is 0.781 bits per heavy atom. The maximum absolute atomic E-state index is 12.6. The van der Waals surface area contributed by atoms with Crippen molar-refractivity contribution in [1.82, 2.24) is 0 Å². The topological polar surface area (TPSA) is 59.6 Å². The van der Waals surface area contributed by atoms with Gasteiger partial charge in [0.1, 0.15) is 13.2 Å². The van der Waals surface area contributed by atoms with Crippen molar-refractivity contribution in [2.45, 2.75) is 26.2 Å². The molecular formula is C27H28N2O3. The Kier molecular flexibility index (Phi) is 5.91. The third-order valence-corrected chi connectivity index (χ3v) is 5.34. The number of nitrogens with one attached hydrogen (secondary N) is 2. The monoisotopic (exact) mass is 428 g/mol. The van der Waals surface area contributed by atoms with Gasteiger partial charge in [0.05, 0.1) is 0 Å². The lowest BCUT2D eigenvalue weighted by molar-refractivity contribution is 0.102. The highest BCUT2D eigenvalue weighted by atomic mass is 16.6. The first-order valence-electron chi connectivity index (χ1n) is 10.7. The predicted octanol–water partition coefficient (Wildman–Crippen LogP) is 6.09. The van der Waals surface area contributed by atoms with E-state index in [2.05, 4.69) is 62.2 Å². The van der Waals surface area contributed by atoms with E-state index in [0.717, 1.165) is 16.9 Å². The molecule has 0 radical (unpaired) electrons. The van der Waals surface area contributed by atoms with Crippen molar-refractivity contribution in [3.8, 4) is 11.5 Å². The number of ether oxygens (including phenoxy) is 2. The molecule has 0 aliphatic carbocycles. The summed E-state index contributed by atoms with van der Waals surface area (Å²) in [5.74, 6) is 1.06. The van der Waals surface area contributed by atoms with Gasteiger partial charge in [0.25, 0.3) is 5.91 Å². The molecule has 32 heavy (non-hydrogen) atoms. The summed E-state index contributed by atoms with van der Waals surface area (Å²) in [6.07, 6.45) is 0. The van der Waals surface area contributed by atoms with Crippen molar-refractivity contribution < 1.29 is 14.3 Å². The fraction of sp³-hybridized carbons (Fsp3) is 0.222. The van der Waals surface area contributed by atoms with Crippen LogP contribution in [0.1, 0.15) is 42.3 Å². The molecule has 0 saturated heterocycles. The normalized spacial score (nSPS) is 12.7. The van der Waals surface area contributed by atoms with Crippen LogP contribution in [0, 0.1) is 0 Å². The van der Waals surface area contributed by atoms with Gasteiger partial charge in [-0.1, -0.05) is 51.6 Å². The zero-order chi connectivity index (χ0) is 22.7. The molecule has 5 heteroatoms. The smallest absolute Gasteiger partial charge is 0.255 e. The summed E-state index contributed by atoms with van der Waals surface area (Å²) in [7, 11) is 0. The van der Waals surface area contributed by atoms with Crippen molar-refractivity contribution in [2.75, 3.05) is 23.8 Å². The molecule has 5 nitrogen and oxygen atoms in total. The van der Waals surface area contributed by atoms with Gasteiger partial charge < -0.3 is 20.1 Å². The first-order valence-corrected chi connectivity index (χ1v) is 10.7. The number of hydrogen-bond acceptors (Lipinski definition) is 4. The summed E-state index contributed by atoms with van der Waals surface area (Å²) >= 11 is 0. The molecule has 1 aliphatic heterocycles. The molecule has 0 aromatic heterocycles. The predicted molar refractivity (Wildman–Crippen MR) is 130 cm³/mol. The summed E-state index contributed by atoms with van der Waals surface area (Å²) in [5, 5.41) is 6.24. The van der Waals surface area contributed by atoms with Crippen LogP contribution in [0.15, 0.2) is 73.3 Å². The van der Waals surface area contributed by atoms with E-state index in [1.165, 1.54) is 5.56 Å². The Hall–Kier alpha value is -3.73. The van der Waals surface area contributed by atoms with Crippen molar-refractivity contribution in [1.29, 1.82) is 0 Å². The SMILES string of the molecule is C=C(Nc1ccc(NC(=O)c2ccc3c(c2)OCCO3)cc1)c1ccc(C(C)(C)C)cc1. The van der Waals surface area contributed by atoms with Crippen LogP contribution in [0.25, 0.3) is 5.70 Å². The second kappa shape index (κ2) is 8.79. The van der Waals surface area contributed by atoms with Crippen LogP contribution in [0.5, 0.6) is 11.5 Å². The molecule has 1 aliphatic rings. The molecule has 2 N–H and O–H groups in total. The van der Waals surface area contributed by atoms with E-state index in [-0.39, 0.29) is 11.3 Å². The van der Waals surface area contributed by atoms with E-state index >= 15 is 0 Å². The minimum atomic E-state index is -0.203. The first kappa shape index (κ1) is 21.5. The number of hydrogen-bond donors (Lipinski definition) is 2. The molecule has 3 aromatic carbocycles. The number of anilines is 2. The zero-order valence-electron chi connectivity index (χ0n) is 18.7. The Morgan fingerprint density at radius 3 is 1.97 bits per heavy atom. The number of carbonyl (C=O) groups is 1. The van der Waals surface area contributed by atoms with Gasteiger partial charge in [0.2, 0.25) is 0 Å². The molecule has 0 saturated carbocycles. The summed E-state index contributed by atoms with van der Waals surface area (Å²) < 4.78 is 11.1. The number of amides is 1. The number of rotatable bonds is 5. The Bertz CT molecular complexity index is 1130. The molecule has 1 amide bonds. The maximum Gasteiger partial charge on any atom is 0.255 e. The van der Waals surface area contributed by atoms with Crippen molar-refractivity contribution >= 4 is 23.0 Å². The summed E-state index contributed by atoms with van der Waals surface area (Å²) in [4.78, 5) is 12.6. The van der Waals surface area contributed by atoms with Gasteiger partial charge in [0.15, 0.2) is 11.5 Å².